The van der Waals surface area contributed by atoms with Crippen molar-refractivity contribution in [2.24, 2.45) is 23.7 Å². The van der Waals surface area contributed by atoms with Crippen LogP contribution in [0.4, 0.5) is 5.69 Å². The Labute approximate surface area is 173 Å². The number of rotatable bonds is 4. The molecule has 6 nitrogen and oxygen atoms in total. The quantitative estimate of drug-likeness (QED) is 0.729. The molecule has 4 rings (SSSR count). The number of guanidine groups is 1. The van der Waals surface area contributed by atoms with E-state index in [0.29, 0.717) is 17.8 Å². The van der Waals surface area contributed by atoms with Crippen LogP contribution in [0.5, 0.6) is 0 Å². The molecule has 0 bridgehead atoms. The molecule has 1 aliphatic heterocycles. The van der Waals surface area contributed by atoms with Gasteiger partial charge in [-0.05, 0) is 36.3 Å². The van der Waals surface area contributed by atoms with Crippen molar-refractivity contribution in [2.45, 2.75) is 57.5 Å². The van der Waals surface area contributed by atoms with Gasteiger partial charge in [-0.1, -0.05) is 51.3 Å². The molecule has 0 saturated heterocycles. The van der Waals surface area contributed by atoms with Gasteiger partial charge in [0.05, 0.1) is 6.20 Å². The zero-order valence-electron chi connectivity index (χ0n) is 17.7. The van der Waals surface area contributed by atoms with E-state index in [2.05, 4.69) is 47.8 Å². The third-order valence-electron chi connectivity index (χ3n) is 6.19. The highest BCUT2D eigenvalue weighted by Crippen LogP contribution is 2.39. The number of aliphatic imine (C=N–C) groups is 1. The van der Waals surface area contributed by atoms with Crippen molar-refractivity contribution >= 4 is 17.2 Å². The van der Waals surface area contributed by atoms with Gasteiger partial charge in [0.2, 0.25) is 5.96 Å². The van der Waals surface area contributed by atoms with Crippen LogP contribution in [-0.2, 0) is 7.05 Å². The zero-order valence-corrected chi connectivity index (χ0v) is 17.7. The van der Waals surface area contributed by atoms with E-state index in [1.807, 2.05) is 36.4 Å². The summed E-state index contributed by atoms with van der Waals surface area (Å²) < 4.78 is 1.81. The Morgan fingerprint density at radius 2 is 1.97 bits per heavy atom. The third-order valence-corrected chi connectivity index (χ3v) is 6.19. The van der Waals surface area contributed by atoms with Crippen LogP contribution >= 0.6 is 0 Å². The molecule has 1 aliphatic carbocycles. The Kier molecular flexibility index (Phi) is 5.46. The molecular formula is C23H32N6. The summed E-state index contributed by atoms with van der Waals surface area (Å²) in [6.07, 6.45) is 11.8. The van der Waals surface area contributed by atoms with Gasteiger partial charge in [0, 0.05) is 36.3 Å². The molecule has 29 heavy (non-hydrogen) atoms. The normalized spacial score (nSPS) is 22.8. The van der Waals surface area contributed by atoms with E-state index in [0.717, 1.165) is 29.7 Å². The number of anilines is 1. The van der Waals surface area contributed by atoms with Gasteiger partial charge in [0.1, 0.15) is 5.66 Å². The predicted molar refractivity (Wildman–Crippen MR) is 119 cm³/mol. The van der Waals surface area contributed by atoms with Gasteiger partial charge >= 0.3 is 0 Å². The van der Waals surface area contributed by atoms with Gasteiger partial charge in [-0.15, -0.1) is 0 Å². The maximum Gasteiger partial charge on any atom is 0.202 e. The predicted octanol–water partition coefficient (Wildman–Crippen LogP) is 4.19. The van der Waals surface area contributed by atoms with Gasteiger partial charge in [0.15, 0.2) is 0 Å². The highest BCUT2D eigenvalue weighted by molar-refractivity contribution is 5.99. The van der Waals surface area contributed by atoms with E-state index in [-0.39, 0.29) is 0 Å². The molecule has 2 aromatic rings. The fourth-order valence-electron chi connectivity index (χ4n) is 4.59. The molecule has 6 heteroatoms. The lowest BCUT2D eigenvalue weighted by Gasteiger charge is -2.44. The van der Waals surface area contributed by atoms with Gasteiger partial charge in [0.25, 0.3) is 0 Å². The smallest absolute Gasteiger partial charge is 0.202 e. The summed E-state index contributed by atoms with van der Waals surface area (Å²) in [5.74, 6) is 1.49. The molecule has 4 N–H and O–H groups in total. The first-order valence-electron chi connectivity index (χ1n) is 10.7. The Hall–Kier alpha value is -2.60. The summed E-state index contributed by atoms with van der Waals surface area (Å²) in [6, 6.07) is 8.38. The van der Waals surface area contributed by atoms with Crippen molar-refractivity contribution in [3.63, 3.8) is 0 Å². The van der Waals surface area contributed by atoms with Crippen molar-refractivity contribution in [2.75, 3.05) is 5.32 Å². The monoisotopic (exact) mass is 392 g/mol. The topological polar surface area (TPSA) is 80.3 Å². The number of hydrogen-bond acceptors (Lipinski definition) is 5. The van der Waals surface area contributed by atoms with E-state index >= 15 is 0 Å². The summed E-state index contributed by atoms with van der Waals surface area (Å²) in [5, 5.41) is 11.4. The van der Waals surface area contributed by atoms with Crippen molar-refractivity contribution < 1.29 is 0 Å². The number of aromatic nitrogens is 2. The van der Waals surface area contributed by atoms with Crippen LogP contribution in [0.2, 0.25) is 0 Å². The summed E-state index contributed by atoms with van der Waals surface area (Å²) in [6.45, 7) is 4.40. The minimum Gasteiger partial charge on any atom is -0.334 e. The van der Waals surface area contributed by atoms with Crippen molar-refractivity contribution in [3.8, 4) is 0 Å². The second kappa shape index (κ2) is 8.03. The first-order chi connectivity index (χ1) is 14.0. The molecule has 0 amide bonds. The van der Waals surface area contributed by atoms with Gasteiger partial charge in [-0.25, -0.2) is 4.99 Å². The van der Waals surface area contributed by atoms with Crippen LogP contribution in [0.3, 0.4) is 0 Å². The minimum atomic E-state index is -0.666. The van der Waals surface area contributed by atoms with Crippen LogP contribution in [-0.4, -0.2) is 21.4 Å². The Balaban J connectivity index is 1.69. The second-order valence-electron chi connectivity index (χ2n) is 8.62. The first kappa shape index (κ1) is 19.7. The summed E-state index contributed by atoms with van der Waals surface area (Å²) in [5.41, 5.74) is 10.8. The number of para-hydroxylation sites is 1. The number of aryl methyl sites for hydroxylation is 1. The molecule has 0 radical (unpaired) electrons. The van der Waals surface area contributed by atoms with Crippen molar-refractivity contribution in [1.82, 2.24) is 15.1 Å². The number of benzene rings is 1. The van der Waals surface area contributed by atoms with Crippen LogP contribution in [0.25, 0.3) is 5.57 Å². The first-order valence-corrected chi connectivity index (χ1v) is 10.7. The molecule has 0 spiro atoms. The molecule has 1 fully saturated rings. The SMILES string of the molecule is CC(C)c1ccccc1NC1=NC=C(c2cnn(C)c2)C(N)(C2CCCCC2)N1. The molecule has 154 valence electrons. The molecular weight excluding hydrogens is 360 g/mol. The lowest BCUT2D eigenvalue weighted by atomic mass is 9.75. The van der Waals surface area contributed by atoms with E-state index in [4.69, 9.17) is 10.7 Å². The Morgan fingerprint density at radius 1 is 1.21 bits per heavy atom. The lowest BCUT2D eigenvalue weighted by molar-refractivity contribution is 0.240. The van der Waals surface area contributed by atoms with E-state index < -0.39 is 5.66 Å². The average Bonchev–Trinajstić information content (AvgIpc) is 3.15. The highest BCUT2D eigenvalue weighted by Gasteiger charge is 2.42. The van der Waals surface area contributed by atoms with Crippen LogP contribution in [0, 0.1) is 5.92 Å². The number of nitrogens with zero attached hydrogens (tertiary/aromatic N) is 3. The van der Waals surface area contributed by atoms with Crippen LogP contribution in [0.15, 0.2) is 47.9 Å². The molecule has 1 atom stereocenters. The maximum atomic E-state index is 7.12. The second-order valence-corrected chi connectivity index (χ2v) is 8.62. The molecule has 1 saturated carbocycles. The van der Waals surface area contributed by atoms with Crippen molar-refractivity contribution in [1.29, 1.82) is 0 Å². The van der Waals surface area contributed by atoms with E-state index in [1.54, 1.807) is 0 Å². The molecule has 1 aromatic heterocycles. The summed E-state index contributed by atoms with van der Waals surface area (Å²) in [4.78, 5) is 4.70. The lowest BCUT2D eigenvalue weighted by Crippen LogP contribution is -2.64. The summed E-state index contributed by atoms with van der Waals surface area (Å²) in [7, 11) is 1.93. The summed E-state index contributed by atoms with van der Waals surface area (Å²) >= 11 is 0. The molecule has 2 aliphatic rings. The molecule has 2 heterocycles. The van der Waals surface area contributed by atoms with Crippen LogP contribution < -0.4 is 16.4 Å². The molecule has 1 unspecified atom stereocenters. The standard InChI is InChI=1S/C23H32N6/c1-16(2)19-11-7-8-12-21(19)27-22-25-14-20(17-13-26-29(3)15-17)23(24,28-22)18-9-5-4-6-10-18/h7-8,11-16,18H,4-6,9-10,24H2,1-3H3,(H2,25,27,28). The fourth-order valence-corrected chi connectivity index (χ4v) is 4.59. The highest BCUT2D eigenvalue weighted by atomic mass is 15.3. The minimum absolute atomic E-state index is 0.357. The number of hydrogen-bond donors (Lipinski definition) is 3. The van der Waals surface area contributed by atoms with Gasteiger partial charge < -0.3 is 16.4 Å². The Bertz CT molecular complexity index is 919. The van der Waals surface area contributed by atoms with Gasteiger partial charge in [-0.3, -0.25) is 4.68 Å². The maximum absolute atomic E-state index is 7.12. The van der Waals surface area contributed by atoms with Crippen LogP contribution in [0.1, 0.15) is 63.0 Å². The third kappa shape index (κ3) is 3.94. The number of nitrogens with one attached hydrogen (secondary N) is 2. The fraction of sp³-hybridized carbons (Fsp3) is 0.478. The Morgan fingerprint density at radius 3 is 2.66 bits per heavy atom. The van der Waals surface area contributed by atoms with Gasteiger partial charge in [-0.2, -0.15) is 5.10 Å². The van der Waals surface area contributed by atoms with E-state index in [1.165, 1.54) is 24.8 Å². The largest absolute Gasteiger partial charge is 0.334 e. The zero-order chi connectivity index (χ0) is 20.4. The molecule has 1 aromatic carbocycles. The van der Waals surface area contributed by atoms with E-state index in [9.17, 15) is 0 Å². The van der Waals surface area contributed by atoms with Crippen molar-refractivity contribution in [3.05, 3.63) is 54.0 Å². The average molecular weight is 393 g/mol. The number of nitrogens with two attached hydrogens (primary N) is 1.